The van der Waals surface area contributed by atoms with Crippen LogP contribution in [-0.2, 0) is 0 Å². The van der Waals surface area contributed by atoms with Crippen molar-refractivity contribution in [2.75, 3.05) is 14.2 Å². The van der Waals surface area contributed by atoms with Gasteiger partial charge in [-0.2, -0.15) is 0 Å². The molecular weight excluding hydrogens is 733 g/mol. The molecule has 0 fully saturated rings. The van der Waals surface area contributed by atoms with E-state index in [1.807, 2.05) is 97.1 Å². The van der Waals surface area contributed by atoms with E-state index in [2.05, 4.69) is 9.98 Å². The number of carbonyl (C=O) groups is 2. The summed E-state index contributed by atoms with van der Waals surface area (Å²) in [4.78, 5) is 33.9. The van der Waals surface area contributed by atoms with Gasteiger partial charge in [0.25, 0.3) is 0 Å². The predicted molar refractivity (Wildman–Crippen MR) is 223 cm³/mol. The van der Waals surface area contributed by atoms with Gasteiger partial charge in [0.15, 0.2) is 0 Å². The van der Waals surface area contributed by atoms with Crippen LogP contribution in [0.3, 0.4) is 0 Å². The molecule has 0 heterocycles. The fourth-order valence-corrected chi connectivity index (χ4v) is 5.38. The van der Waals surface area contributed by atoms with E-state index in [0.717, 1.165) is 22.5 Å². The smallest absolute Gasteiger partial charge is 0.343 e. The van der Waals surface area contributed by atoms with Gasteiger partial charge in [-0.15, -0.1) is 0 Å². The summed E-state index contributed by atoms with van der Waals surface area (Å²) in [6, 6.07) is 49.9. The Labute approximate surface area is 335 Å². The molecule has 0 aliphatic rings. The molecule has 7 aromatic rings. The Kier molecular flexibility index (Phi) is 12.3. The quantitative estimate of drug-likeness (QED) is 0.0610. The lowest BCUT2D eigenvalue weighted by molar-refractivity contribution is 0.0725. The van der Waals surface area contributed by atoms with E-state index in [-0.39, 0.29) is 0 Å². The van der Waals surface area contributed by atoms with Gasteiger partial charge in [0.2, 0.25) is 0 Å². The van der Waals surface area contributed by atoms with Crippen molar-refractivity contribution in [3.05, 3.63) is 192 Å². The molecule has 0 radical (unpaired) electrons. The van der Waals surface area contributed by atoms with Gasteiger partial charge in [-0.05, 0) is 181 Å². The van der Waals surface area contributed by atoms with Crippen LogP contribution in [0.5, 0.6) is 46.0 Å². The first kappa shape index (κ1) is 38.3. The van der Waals surface area contributed by atoms with Gasteiger partial charge in [0.05, 0.1) is 36.7 Å². The van der Waals surface area contributed by atoms with E-state index in [1.54, 1.807) is 99.4 Å². The number of hydrogen-bond acceptors (Lipinski definition) is 10. The Morgan fingerprint density at radius 2 is 0.638 bits per heavy atom. The SMILES string of the molecule is COc1ccc(C(=O)Oc2ccc(C=Nc3ccc(Oc4ccc(Oc5ccc(N=Cc6ccc(OC(=O)c7ccc(OC)cc7)cc6)cc5)cc4)cc3)cc2)cc1. The topological polar surface area (TPSA) is 114 Å². The average molecular weight is 769 g/mol. The normalized spacial score (nSPS) is 10.9. The number of aliphatic imine (C=N–C) groups is 2. The van der Waals surface area contributed by atoms with Gasteiger partial charge in [-0.1, -0.05) is 0 Å². The predicted octanol–water partition coefficient (Wildman–Crippen LogP) is 11.2. The minimum absolute atomic E-state index is 0.433. The summed E-state index contributed by atoms with van der Waals surface area (Å²) in [5.74, 6) is 3.95. The summed E-state index contributed by atoms with van der Waals surface area (Å²) < 4.78 is 33.2. The maximum absolute atomic E-state index is 12.4. The van der Waals surface area contributed by atoms with Crippen LogP contribution < -0.4 is 28.4 Å². The zero-order chi connectivity index (χ0) is 40.1. The molecule has 0 aliphatic carbocycles. The first-order chi connectivity index (χ1) is 28.4. The molecule has 0 spiro atoms. The molecule has 0 bridgehead atoms. The molecule has 0 saturated carbocycles. The van der Waals surface area contributed by atoms with Crippen molar-refractivity contribution in [2.24, 2.45) is 9.98 Å². The number of carbonyl (C=O) groups excluding carboxylic acids is 2. The molecule has 10 nitrogen and oxygen atoms in total. The molecule has 0 aliphatic heterocycles. The third-order valence-corrected chi connectivity index (χ3v) is 8.53. The van der Waals surface area contributed by atoms with Crippen molar-refractivity contribution in [2.45, 2.75) is 0 Å². The number of methoxy groups -OCH3 is 2. The summed E-state index contributed by atoms with van der Waals surface area (Å²) in [6.45, 7) is 0. The van der Waals surface area contributed by atoms with Crippen molar-refractivity contribution in [1.82, 2.24) is 0 Å². The van der Waals surface area contributed by atoms with E-state index in [4.69, 9.17) is 28.4 Å². The van der Waals surface area contributed by atoms with Gasteiger partial charge >= 0.3 is 11.9 Å². The first-order valence-electron chi connectivity index (χ1n) is 18.1. The maximum Gasteiger partial charge on any atom is 0.343 e. The van der Waals surface area contributed by atoms with Crippen LogP contribution in [0.4, 0.5) is 11.4 Å². The van der Waals surface area contributed by atoms with Crippen LogP contribution in [0, 0.1) is 0 Å². The van der Waals surface area contributed by atoms with Gasteiger partial charge in [0.1, 0.15) is 46.0 Å². The number of esters is 2. The molecule has 0 saturated heterocycles. The summed E-state index contributed by atoms with van der Waals surface area (Å²) in [5.41, 5.74) is 4.07. The third-order valence-electron chi connectivity index (χ3n) is 8.53. The number of rotatable bonds is 14. The van der Waals surface area contributed by atoms with Gasteiger partial charge in [0, 0.05) is 12.4 Å². The highest BCUT2D eigenvalue weighted by Gasteiger charge is 2.10. The second kappa shape index (κ2) is 18.6. The fraction of sp³-hybridized carbons (Fsp3) is 0.0417. The van der Waals surface area contributed by atoms with Crippen LogP contribution in [-0.4, -0.2) is 38.6 Å². The standard InChI is InChI=1S/C48H36N2O8/c1-53-39-19-7-35(8-20-39)47(51)57-45-15-3-33(4-16-45)31-49-37-11-23-41(24-12-37)55-43-27-29-44(30-28-43)56-42-25-13-38(14-26-42)50-32-34-5-17-46(18-6-34)58-48(52)36-9-21-40(54-2)22-10-36/h3-32H,1-2H3. The van der Waals surface area contributed by atoms with Crippen LogP contribution >= 0.6 is 0 Å². The van der Waals surface area contributed by atoms with E-state index >= 15 is 0 Å². The Hall–Kier alpha value is -7.98. The van der Waals surface area contributed by atoms with Crippen LogP contribution in [0.15, 0.2) is 180 Å². The van der Waals surface area contributed by atoms with E-state index in [0.29, 0.717) is 57.1 Å². The zero-order valence-corrected chi connectivity index (χ0v) is 31.5. The van der Waals surface area contributed by atoms with E-state index < -0.39 is 11.9 Å². The van der Waals surface area contributed by atoms with E-state index in [1.165, 1.54) is 0 Å². The monoisotopic (exact) mass is 768 g/mol. The lowest BCUT2D eigenvalue weighted by atomic mass is 10.2. The molecule has 286 valence electrons. The highest BCUT2D eigenvalue weighted by Crippen LogP contribution is 2.29. The zero-order valence-electron chi connectivity index (χ0n) is 31.5. The van der Waals surface area contributed by atoms with Crippen molar-refractivity contribution in [1.29, 1.82) is 0 Å². The number of ether oxygens (including phenoxy) is 6. The second-order valence-electron chi connectivity index (χ2n) is 12.6. The van der Waals surface area contributed by atoms with Gasteiger partial charge in [-0.3, -0.25) is 9.98 Å². The molecule has 10 heteroatoms. The number of benzene rings is 7. The Morgan fingerprint density at radius 1 is 0.362 bits per heavy atom. The van der Waals surface area contributed by atoms with Gasteiger partial charge in [-0.25, -0.2) is 9.59 Å². The fourth-order valence-electron chi connectivity index (χ4n) is 5.38. The van der Waals surface area contributed by atoms with Gasteiger partial charge < -0.3 is 28.4 Å². The molecule has 0 amide bonds. The van der Waals surface area contributed by atoms with E-state index in [9.17, 15) is 9.59 Å². The van der Waals surface area contributed by atoms with Crippen molar-refractivity contribution in [3.63, 3.8) is 0 Å². The highest BCUT2D eigenvalue weighted by molar-refractivity contribution is 5.92. The average Bonchev–Trinajstić information content (AvgIpc) is 3.27. The molecule has 0 aromatic heterocycles. The summed E-state index contributed by atoms with van der Waals surface area (Å²) in [6.07, 6.45) is 3.47. The Balaban J connectivity index is 0.849. The molecule has 7 rings (SSSR count). The molecule has 0 N–H and O–H groups in total. The van der Waals surface area contributed by atoms with Crippen molar-refractivity contribution >= 4 is 35.7 Å². The van der Waals surface area contributed by atoms with Crippen molar-refractivity contribution in [3.8, 4) is 46.0 Å². The first-order valence-corrected chi connectivity index (χ1v) is 18.1. The van der Waals surface area contributed by atoms with Crippen LogP contribution in [0.25, 0.3) is 0 Å². The summed E-state index contributed by atoms with van der Waals surface area (Å²) in [7, 11) is 3.14. The third kappa shape index (κ3) is 10.6. The highest BCUT2D eigenvalue weighted by atomic mass is 16.5. The molecule has 7 aromatic carbocycles. The number of nitrogens with zero attached hydrogens (tertiary/aromatic N) is 2. The van der Waals surface area contributed by atoms with Crippen LogP contribution in [0.1, 0.15) is 31.8 Å². The Morgan fingerprint density at radius 3 is 0.948 bits per heavy atom. The summed E-state index contributed by atoms with van der Waals surface area (Å²) >= 11 is 0. The second-order valence-corrected chi connectivity index (χ2v) is 12.6. The molecule has 58 heavy (non-hydrogen) atoms. The molecule has 0 atom stereocenters. The lowest BCUT2D eigenvalue weighted by Gasteiger charge is -2.09. The molecule has 0 unspecified atom stereocenters. The minimum Gasteiger partial charge on any atom is -0.497 e. The summed E-state index contributed by atoms with van der Waals surface area (Å²) in [5, 5.41) is 0. The lowest BCUT2D eigenvalue weighted by Crippen LogP contribution is -2.08. The number of hydrogen-bond donors (Lipinski definition) is 0. The Bertz CT molecular complexity index is 2320. The largest absolute Gasteiger partial charge is 0.497 e. The maximum atomic E-state index is 12.4. The van der Waals surface area contributed by atoms with Crippen molar-refractivity contribution < 1.29 is 38.0 Å². The minimum atomic E-state index is -0.448. The molecular formula is C48H36N2O8. The van der Waals surface area contributed by atoms with Crippen LogP contribution in [0.2, 0.25) is 0 Å².